The molecule has 0 saturated carbocycles. The fourth-order valence-corrected chi connectivity index (χ4v) is 2.28. The normalized spacial score (nSPS) is 10.7. The number of hydrogen-bond acceptors (Lipinski definition) is 3. The third-order valence-electron chi connectivity index (χ3n) is 3.06. The zero-order valence-electron chi connectivity index (χ0n) is 10.8. The van der Waals surface area contributed by atoms with Gasteiger partial charge in [-0.05, 0) is 33.7 Å². The summed E-state index contributed by atoms with van der Waals surface area (Å²) in [5.74, 6) is 0.874. The number of hydrogen-bond donors (Lipinski definition) is 0. The molecule has 3 aromatic rings. The van der Waals surface area contributed by atoms with Gasteiger partial charge in [0.05, 0.1) is 6.54 Å². The van der Waals surface area contributed by atoms with Crippen molar-refractivity contribution in [3.63, 3.8) is 0 Å². The molecule has 20 heavy (non-hydrogen) atoms. The summed E-state index contributed by atoms with van der Waals surface area (Å²) in [6.07, 6.45) is 0.740. The van der Waals surface area contributed by atoms with E-state index in [0.29, 0.717) is 6.54 Å². The van der Waals surface area contributed by atoms with Crippen molar-refractivity contribution in [1.29, 1.82) is 0 Å². The van der Waals surface area contributed by atoms with Crippen LogP contribution in [0.3, 0.4) is 0 Å². The minimum Gasteiger partial charge on any atom is -0.225 e. The van der Waals surface area contributed by atoms with E-state index in [1.165, 1.54) is 11.1 Å². The topological polar surface area (TPSA) is 43.6 Å². The van der Waals surface area contributed by atoms with Gasteiger partial charge in [0.15, 0.2) is 5.82 Å². The molecule has 3 rings (SSSR count). The average Bonchev–Trinajstić information content (AvgIpc) is 2.90. The third-order valence-corrected chi connectivity index (χ3v) is 3.59. The number of benzene rings is 2. The lowest BCUT2D eigenvalue weighted by Crippen LogP contribution is -2.07. The van der Waals surface area contributed by atoms with Crippen LogP contribution in [-0.4, -0.2) is 20.2 Å². The Morgan fingerprint density at radius 1 is 0.900 bits per heavy atom. The standard InChI is InChI=1S/C15H13BrN4/c16-14-8-6-13(7-9-14)11-20-15(17-18-19-20)10-12-4-2-1-3-5-12/h1-9H,10-11H2. The highest BCUT2D eigenvalue weighted by Crippen LogP contribution is 2.12. The van der Waals surface area contributed by atoms with E-state index < -0.39 is 0 Å². The molecule has 2 aromatic carbocycles. The van der Waals surface area contributed by atoms with Crippen molar-refractivity contribution < 1.29 is 0 Å². The monoisotopic (exact) mass is 328 g/mol. The molecule has 0 spiro atoms. The van der Waals surface area contributed by atoms with Crippen LogP contribution >= 0.6 is 15.9 Å². The summed E-state index contributed by atoms with van der Waals surface area (Å²) in [5, 5.41) is 12.0. The van der Waals surface area contributed by atoms with E-state index in [4.69, 9.17) is 0 Å². The van der Waals surface area contributed by atoms with Crippen molar-refractivity contribution in [3.05, 3.63) is 76.0 Å². The van der Waals surface area contributed by atoms with Crippen LogP contribution in [0.4, 0.5) is 0 Å². The molecule has 0 radical (unpaired) electrons. The quantitative estimate of drug-likeness (QED) is 0.739. The van der Waals surface area contributed by atoms with Crippen LogP contribution in [0.1, 0.15) is 17.0 Å². The molecule has 1 aromatic heterocycles. The SMILES string of the molecule is Brc1ccc(Cn2nnnc2Cc2ccccc2)cc1. The van der Waals surface area contributed by atoms with Crippen LogP contribution < -0.4 is 0 Å². The van der Waals surface area contributed by atoms with Crippen LogP contribution in [0.5, 0.6) is 0 Å². The summed E-state index contributed by atoms with van der Waals surface area (Å²) in [4.78, 5) is 0. The van der Waals surface area contributed by atoms with E-state index in [0.717, 1.165) is 16.7 Å². The van der Waals surface area contributed by atoms with Crippen molar-refractivity contribution >= 4 is 15.9 Å². The molecule has 0 aliphatic carbocycles. The van der Waals surface area contributed by atoms with E-state index in [2.05, 4.69) is 55.7 Å². The highest BCUT2D eigenvalue weighted by Gasteiger charge is 2.07. The van der Waals surface area contributed by atoms with Gasteiger partial charge >= 0.3 is 0 Å². The van der Waals surface area contributed by atoms with E-state index in [9.17, 15) is 0 Å². The Labute approximate surface area is 125 Å². The highest BCUT2D eigenvalue weighted by atomic mass is 79.9. The summed E-state index contributed by atoms with van der Waals surface area (Å²) in [5.41, 5.74) is 2.38. The molecule has 4 nitrogen and oxygen atoms in total. The summed E-state index contributed by atoms with van der Waals surface area (Å²) in [6, 6.07) is 18.4. The fourth-order valence-electron chi connectivity index (χ4n) is 2.01. The molecule has 0 fully saturated rings. The Hall–Kier alpha value is -2.01. The van der Waals surface area contributed by atoms with Gasteiger partial charge in [0.2, 0.25) is 0 Å². The molecule has 0 amide bonds. The molecular weight excluding hydrogens is 316 g/mol. The van der Waals surface area contributed by atoms with E-state index in [1.54, 1.807) is 0 Å². The third kappa shape index (κ3) is 3.11. The van der Waals surface area contributed by atoms with Crippen molar-refractivity contribution in [2.45, 2.75) is 13.0 Å². The van der Waals surface area contributed by atoms with Crippen LogP contribution in [0.15, 0.2) is 59.1 Å². The smallest absolute Gasteiger partial charge is 0.156 e. The maximum absolute atomic E-state index is 4.12. The maximum Gasteiger partial charge on any atom is 0.156 e. The number of rotatable bonds is 4. The van der Waals surface area contributed by atoms with Gasteiger partial charge in [0.1, 0.15) is 0 Å². The number of aromatic nitrogens is 4. The first-order valence-corrected chi connectivity index (χ1v) is 7.14. The van der Waals surface area contributed by atoms with E-state index in [-0.39, 0.29) is 0 Å². The fraction of sp³-hybridized carbons (Fsp3) is 0.133. The lowest BCUT2D eigenvalue weighted by Gasteiger charge is -2.05. The van der Waals surface area contributed by atoms with E-state index in [1.807, 2.05) is 35.0 Å². The lowest BCUT2D eigenvalue weighted by atomic mass is 10.1. The summed E-state index contributed by atoms with van der Waals surface area (Å²) >= 11 is 3.43. The zero-order valence-corrected chi connectivity index (χ0v) is 12.4. The van der Waals surface area contributed by atoms with Gasteiger partial charge in [0.25, 0.3) is 0 Å². The van der Waals surface area contributed by atoms with Crippen LogP contribution in [0, 0.1) is 0 Å². The molecule has 0 atom stereocenters. The van der Waals surface area contributed by atoms with Gasteiger partial charge in [-0.15, -0.1) is 5.10 Å². The Morgan fingerprint density at radius 3 is 2.40 bits per heavy atom. The van der Waals surface area contributed by atoms with Gasteiger partial charge in [-0.2, -0.15) is 0 Å². The van der Waals surface area contributed by atoms with E-state index >= 15 is 0 Å². The van der Waals surface area contributed by atoms with Gasteiger partial charge in [-0.1, -0.05) is 58.4 Å². The van der Waals surface area contributed by atoms with Crippen molar-refractivity contribution in [1.82, 2.24) is 20.2 Å². The summed E-state index contributed by atoms with van der Waals surface area (Å²) in [6.45, 7) is 0.683. The first-order valence-electron chi connectivity index (χ1n) is 6.35. The van der Waals surface area contributed by atoms with Crippen LogP contribution in [0.25, 0.3) is 0 Å². The Balaban J connectivity index is 1.78. The Kier molecular flexibility index (Phi) is 3.87. The molecule has 0 bridgehead atoms. The molecule has 0 N–H and O–H groups in total. The minimum atomic E-state index is 0.683. The predicted octanol–water partition coefficient (Wildman–Crippen LogP) is 3.07. The van der Waals surface area contributed by atoms with Gasteiger partial charge in [0, 0.05) is 10.9 Å². The van der Waals surface area contributed by atoms with Crippen molar-refractivity contribution in [3.8, 4) is 0 Å². The van der Waals surface area contributed by atoms with Crippen LogP contribution in [-0.2, 0) is 13.0 Å². The Bertz CT molecular complexity index is 677. The first-order chi connectivity index (χ1) is 9.81. The molecule has 0 saturated heterocycles. The number of tetrazole rings is 1. The second kappa shape index (κ2) is 5.96. The van der Waals surface area contributed by atoms with Gasteiger partial charge < -0.3 is 0 Å². The molecule has 1 heterocycles. The Morgan fingerprint density at radius 2 is 1.65 bits per heavy atom. The van der Waals surface area contributed by atoms with Gasteiger partial charge in [-0.25, -0.2) is 4.68 Å². The second-order valence-electron chi connectivity index (χ2n) is 4.54. The molecular formula is C15H13BrN4. The van der Waals surface area contributed by atoms with Gasteiger partial charge in [-0.3, -0.25) is 0 Å². The number of nitrogens with zero attached hydrogens (tertiary/aromatic N) is 4. The van der Waals surface area contributed by atoms with Crippen LogP contribution in [0.2, 0.25) is 0 Å². The van der Waals surface area contributed by atoms with Crippen molar-refractivity contribution in [2.24, 2.45) is 0 Å². The zero-order chi connectivity index (χ0) is 13.8. The summed E-state index contributed by atoms with van der Waals surface area (Å²) < 4.78 is 2.92. The molecule has 100 valence electrons. The molecule has 5 heteroatoms. The average molecular weight is 329 g/mol. The minimum absolute atomic E-state index is 0.683. The summed E-state index contributed by atoms with van der Waals surface area (Å²) in [7, 11) is 0. The molecule has 0 unspecified atom stereocenters. The predicted molar refractivity (Wildman–Crippen MR) is 80.3 cm³/mol. The molecule has 0 aliphatic rings. The largest absolute Gasteiger partial charge is 0.225 e. The molecule has 0 aliphatic heterocycles. The highest BCUT2D eigenvalue weighted by molar-refractivity contribution is 9.10. The first kappa shape index (κ1) is 13.0. The second-order valence-corrected chi connectivity index (χ2v) is 5.46. The maximum atomic E-state index is 4.12. The number of halogens is 1. The lowest BCUT2D eigenvalue weighted by molar-refractivity contribution is 0.625. The van der Waals surface area contributed by atoms with Crippen molar-refractivity contribution in [2.75, 3.05) is 0 Å².